The van der Waals surface area contributed by atoms with Crippen molar-refractivity contribution in [1.29, 1.82) is 0 Å². The van der Waals surface area contributed by atoms with Crippen LogP contribution in [0.4, 0.5) is 13.2 Å². The van der Waals surface area contributed by atoms with Crippen molar-refractivity contribution in [3.05, 3.63) is 71.7 Å². The fourth-order valence-corrected chi connectivity index (χ4v) is 3.73. The zero-order valence-corrected chi connectivity index (χ0v) is 18.3. The second kappa shape index (κ2) is 8.40. The van der Waals surface area contributed by atoms with Gasteiger partial charge < -0.3 is 15.0 Å². The van der Waals surface area contributed by atoms with Crippen molar-refractivity contribution in [2.24, 2.45) is 7.05 Å². The van der Waals surface area contributed by atoms with Gasteiger partial charge in [-0.3, -0.25) is 9.48 Å². The summed E-state index contributed by atoms with van der Waals surface area (Å²) in [4.78, 5) is 12.6. The highest BCUT2D eigenvalue weighted by molar-refractivity contribution is 6.03. The monoisotopic (exact) mass is 456 g/mol. The zero-order chi connectivity index (χ0) is 23.9. The largest absolute Gasteiger partial charge is 0.416 e. The third-order valence-corrected chi connectivity index (χ3v) is 5.72. The second-order valence-corrected chi connectivity index (χ2v) is 8.01. The average Bonchev–Trinajstić information content (AvgIpc) is 3.32. The predicted octanol–water partition coefficient (Wildman–Crippen LogP) is 4.47. The van der Waals surface area contributed by atoms with Gasteiger partial charge in [0.25, 0.3) is 5.91 Å². The number of hydrogen-bond donors (Lipinski definition) is 2. The summed E-state index contributed by atoms with van der Waals surface area (Å²) in [5.41, 5.74) is 3.56. The molecule has 0 fully saturated rings. The highest BCUT2D eigenvalue weighted by atomic mass is 19.4. The number of amides is 1. The van der Waals surface area contributed by atoms with Crippen molar-refractivity contribution in [1.82, 2.24) is 19.7 Å². The third kappa shape index (κ3) is 4.23. The first kappa shape index (κ1) is 22.6. The van der Waals surface area contributed by atoms with Gasteiger partial charge in [-0.2, -0.15) is 18.3 Å². The van der Waals surface area contributed by atoms with Crippen LogP contribution < -0.4 is 5.32 Å². The van der Waals surface area contributed by atoms with Gasteiger partial charge in [-0.05, 0) is 56.3 Å². The maximum Gasteiger partial charge on any atom is 0.416 e. The predicted molar refractivity (Wildman–Crippen MR) is 119 cm³/mol. The number of fused-ring (bicyclic) bond motifs is 1. The molecular formula is C24H23F3N4O2. The molecule has 0 saturated heterocycles. The Morgan fingerprint density at radius 3 is 2.42 bits per heavy atom. The van der Waals surface area contributed by atoms with Gasteiger partial charge in [-0.25, -0.2) is 0 Å². The SMILES string of the molecule is Cc1c(-c2cn(-c3ccc(C(F)(F)F)cc3)c3ccc(C(=O)N[C@H](C)CO)cc23)cnn1C. The van der Waals surface area contributed by atoms with E-state index >= 15 is 0 Å². The maximum atomic E-state index is 13.0. The van der Waals surface area contributed by atoms with Crippen molar-refractivity contribution in [2.45, 2.75) is 26.1 Å². The summed E-state index contributed by atoms with van der Waals surface area (Å²) in [5, 5.41) is 17.0. The smallest absolute Gasteiger partial charge is 0.394 e. The summed E-state index contributed by atoms with van der Waals surface area (Å²) < 4.78 is 42.6. The van der Waals surface area contributed by atoms with Gasteiger partial charge in [0.15, 0.2) is 0 Å². The Morgan fingerprint density at radius 1 is 1.15 bits per heavy atom. The van der Waals surface area contributed by atoms with Gasteiger partial charge in [0, 0.05) is 52.7 Å². The second-order valence-electron chi connectivity index (χ2n) is 8.01. The molecule has 0 unspecified atom stereocenters. The van der Waals surface area contributed by atoms with Crippen LogP contribution in [0.15, 0.2) is 54.9 Å². The number of nitrogens with zero attached hydrogens (tertiary/aromatic N) is 3. The quantitative estimate of drug-likeness (QED) is 0.466. The molecule has 2 aromatic heterocycles. The molecule has 2 N–H and O–H groups in total. The Kier molecular flexibility index (Phi) is 5.75. The molecule has 4 aromatic rings. The van der Waals surface area contributed by atoms with Crippen LogP contribution in [0.3, 0.4) is 0 Å². The Hall–Kier alpha value is -3.59. The van der Waals surface area contributed by atoms with Crippen molar-refractivity contribution < 1.29 is 23.1 Å². The molecule has 4 rings (SSSR count). The van der Waals surface area contributed by atoms with E-state index in [2.05, 4.69) is 10.4 Å². The Labute approximate surface area is 188 Å². The van der Waals surface area contributed by atoms with Crippen LogP contribution in [0, 0.1) is 6.92 Å². The standard InChI is InChI=1S/C24H23F3N4O2/c1-14(13-32)29-23(33)16-4-9-22-19(10-16)21(20-11-28-30(3)15(20)2)12-31(22)18-7-5-17(6-8-18)24(25,26)27/h4-12,14,32H,13H2,1-3H3,(H,29,33)/t14-/m1/s1. The van der Waals surface area contributed by atoms with E-state index < -0.39 is 17.8 Å². The number of hydrogen-bond acceptors (Lipinski definition) is 3. The lowest BCUT2D eigenvalue weighted by Crippen LogP contribution is -2.34. The molecule has 9 heteroatoms. The minimum atomic E-state index is -4.41. The number of nitrogens with one attached hydrogen (secondary N) is 1. The lowest BCUT2D eigenvalue weighted by molar-refractivity contribution is -0.137. The molecule has 0 saturated carbocycles. The number of aryl methyl sites for hydroxylation is 1. The first-order chi connectivity index (χ1) is 15.6. The van der Waals surface area contributed by atoms with Crippen LogP contribution in [0.25, 0.3) is 27.7 Å². The van der Waals surface area contributed by atoms with E-state index in [1.807, 2.05) is 20.2 Å². The molecule has 1 atom stereocenters. The molecule has 1 amide bonds. The van der Waals surface area contributed by atoms with Crippen molar-refractivity contribution in [2.75, 3.05) is 6.61 Å². The molecular weight excluding hydrogens is 433 g/mol. The summed E-state index contributed by atoms with van der Waals surface area (Å²) in [5.74, 6) is -0.324. The highest BCUT2D eigenvalue weighted by Crippen LogP contribution is 2.36. The number of aromatic nitrogens is 3. The van der Waals surface area contributed by atoms with Crippen LogP contribution in [0.5, 0.6) is 0 Å². The van der Waals surface area contributed by atoms with E-state index in [0.717, 1.165) is 39.9 Å². The van der Waals surface area contributed by atoms with Crippen LogP contribution >= 0.6 is 0 Å². The van der Waals surface area contributed by atoms with Gasteiger partial charge in [0.2, 0.25) is 0 Å². The number of benzene rings is 2. The number of halogens is 3. The first-order valence-corrected chi connectivity index (χ1v) is 10.3. The van der Waals surface area contributed by atoms with Crippen LogP contribution in [0.2, 0.25) is 0 Å². The number of aliphatic hydroxyl groups excluding tert-OH is 1. The molecule has 0 spiro atoms. The number of aliphatic hydroxyl groups is 1. The Balaban J connectivity index is 1.88. The normalized spacial score (nSPS) is 12.8. The third-order valence-electron chi connectivity index (χ3n) is 5.72. The van der Waals surface area contributed by atoms with Crippen molar-refractivity contribution >= 4 is 16.8 Å². The maximum absolute atomic E-state index is 13.0. The van der Waals surface area contributed by atoms with Gasteiger partial charge in [0.1, 0.15) is 0 Å². The van der Waals surface area contributed by atoms with E-state index in [0.29, 0.717) is 11.3 Å². The molecule has 2 aromatic carbocycles. The minimum absolute atomic E-state index is 0.182. The summed E-state index contributed by atoms with van der Waals surface area (Å²) >= 11 is 0. The lowest BCUT2D eigenvalue weighted by Gasteiger charge is -2.11. The van der Waals surface area contributed by atoms with Gasteiger partial charge >= 0.3 is 6.18 Å². The summed E-state index contributed by atoms with van der Waals surface area (Å²) in [6, 6.07) is 9.71. The Bertz CT molecular complexity index is 1320. The Morgan fingerprint density at radius 2 is 1.85 bits per heavy atom. The fraction of sp³-hybridized carbons (Fsp3) is 0.250. The molecule has 172 valence electrons. The van der Waals surface area contributed by atoms with Crippen LogP contribution in [-0.4, -0.2) is 38.0 Å². The average molecular weight is 456 g/mol. The minimum Gasteiger partial charge on any atom is -0.394 e. The molecule has 0 aliphatic rings. The van der Waals surface area contributed by atoms with Crippen LogP contribution in [-0.2, 0) is 13.2 Å². The van der Waals surface area contributed by atoms with Gasteiger partial charge in [0.05, 0.1) is 23.9 Å². The first-order valence-electron chi connectivity index (χ1n) is 10.3. The molecule has 0 aliphatic heterocycles. The van der Waals surface area contributed by atoms with Crippen molar-refractivity contribution in [3.8, 4) is 16.8 Å². The van der Waals surface area contributed by atoms with E-state index in [1.54, 1.807) is 40.6 Å². The van der Waals surface area contributed by atoms with Crippen molar-refractivity contribution in [3.63, 3.8) is 0 Å². The molecule has 0 aliphatic carbocycles. The van der Waals surface area contributed by atoms with Gasteiger partial charge in [-0.1, -0.05) is 0 Å². The topological polar surface area (TPSA) is 72.1 Å². The summed E-state index contributed by atoms with van der Waals surface area (Å²) in [6.45, 7) is 3.43. The molecule has 6 nitrogen and oxygen atoms in total. The highest BCUT2D eigenvalue weighted by Gasteiger charge is 2.30. The molecule has 2 heterocycles. The lowest BCUT2D eigenvalue weighted by atomic mass is 10.0. The van der Waals surface area contributed by atoms with E-state index in [9.17, 15) is 23.1 Å². The number of carbonyl (C=O) groups excluding carboxylic acids is 1. The molecule has 0 radical (unpaired) electrons. The molecule has 33 heavy (non-hydrogen) atoms. The zero-order valence-electron chi connectivity index (χ0n) is 18.3. The van der Waals surface area contributed by atoms with Crippen LogP contribution in [0.1, 0.15) is 28.5 Å². The summed E-state index contributed by atoms with van der Waals surface area (Å²) in [6.07, 6.45) is -0.847. The van der Waals surface area contributed by atoms with Gasteiger partial charge in [-0.15, -0.1) is 0 Å². The van der Waals surface area contributed by atoms with E-state index in [-0.39, 0.29) is 12.5 Å². The summed E-state index contributed by atoms with van der Waals surface area (Å²) in [7, 11) is 1.82. The molecule has 0 bridgehead atoms. The van der Waals surface area contributed by atoms with E-state index in [1.165, 1.54) is 12.1 Å². The number of rotatable bonds is 5. The van der Waals surface area contributed by atoms with E-state index in [4.69, 9.17) is 0 Å². The fourth-order valence-electron chi connectivity index (χ4n) is 3.73. The number of alkyl halides is 3. The number of carbonyl (C=O) groups is 1.